The van der Waals surface area contributed by atoms with Crippen molar-refractivity contribution in [1.82, 2.24) is 14.8 Å². The van der Waals surface area contributed by atoms with Crippen LogP contribution < -0.4 is 11.7 Å². The number of aryl methyl sites for hydroxylation is 1. The molecule has 0 amide bonds. The molecule has 0 unspecified atom stereocenters. The first-order valence-corrected chi connectivity index (χ1v) is 15.0. The highest BCUT2D eigenvalue weighted by Crippen LogP contribution is 2.23. The Balaban J connectivity index is 0.000000369. The smallest absolute Gasteiger partial charge is 0.302 e. The Hall–Kier alpha value is -4.75. The molecule has 1 heterocycles. The van der Waals surface area contributed by atoms with Crippen molar-refractivity contribution in [2.45, 2.75) is 27.7 Å². The van der Waals surface area contributed by atoms with Gasteiger partial charge in [0.05, 0.1) is 12.3 Å². The number of ether oxygens (including phenoxy) is 1. The number of aliphatic imine (C=N–C) groups is 1. The van der Waals surface area contributed by atoms with Gasteiger partial charge >= 0.3 is 5.97 Å². The maximum Gasteiger partial charge on any atom is 0.302 e. The number of benzene rings is 4. The quantitative estimate of drug-likeness (QED) is 0.0690. The lowest BCUT2D eigenvalue weighted by Gasteiger charge is -2.08. The van der Waals surface area contributed by atoms with Gasteiger partial charge in [0, 0.05) is 23.7 Å². The second-order valence-electron chi connectivity index (χ2n) is 8.87. The summed E-state index contributed by atoms with van der Waals surface area (Å²) < 4.78 is 32.3. The number of hydrogen-bond donors (Lipinski definition) is 2. The molecule has 46 heavy (non-hydrogen) atoms. The molecule has 4 aromatic carbocycles. The molecule has 0 aliphatic heterocycles. The Morgan fingerprint density at radius 2 is 1.35 bits per heavy atom. The molecule has 0 radical (unpaired) electrons. The van der Waals surface area contributed by atoms with Gasteiger partial charge in [0.1, 0.15) is 22.5 Å². The molecule has 5 rings (SSSR count). The van der Waals surface area contributed by atoms with Crippen LogP contribution in [0.5, 0.6) is 0 Å². The SMILES string of the molecule is CCOC(C)=O.CCSC(=Nc1ccccc1)c1ccc(F)cc1.Cc1nnc(-c2ccc(F)cc2)n1-c1ccccc1.NN.O. The highest BCUT2D eigenvalue weighted by atomic mass is 32.2. The van der Waals surface area contributed by atoms with E-state index in [1.54, 1.807) is 43.0 Å². The van der Waals surface area contributed by atoms with Gasteiger partial charge in [-0.3, -0.25) is 21.0 Å². The van der Waals surface area contributed by atoms with E-state index in [2.05, 4.69) is 38.5 Å². The molecule has 0 aliphatic carbocycles. The second kappa shape index (κ2) is 21.9. The van der Waals surface area contributed by atoms with Gasteiger partial charge < -0.3 is 10.2 Å². The van der Waals surface area contributed by atoms with E-state index in [0.717, 1.165) is 39.1 Å². The molecule has 1 aromatic heterocycles. The highest BCUT2D eigenvalue weighted by molar-refractivity contribution is 8.14. The Morgan fingerprint density at radius 1 is 0.826 bits per heavy atom. The van der Waals surface area contributed by atoms with Crippen molar-refractivity contribution in [3.63, 3.8) is 0 Å². The van der Waals surface area contributed by atoms with Crippen LogP contribution in [-0.4, -0.2) is 43.6 Å². The number of esters is 1. The second-order valence-corrected chi connectivity index (χ2v) is 10.1. The van der Waals surface area contributed by atoms with E-state index in [4.69, 9.17) is 0 Å². The largest absolute Gasteiger partial charge is 0.466 e. The fraction of sp³-hybridized carbons (Fsp3) is 0.176. The Labute approximate surface area is 272 Å². The average Bonchev–Trinajstić information content (AvgIpc) is 3.45. The van der Waals surface area contributed by atoms with Crippen molar-refractivity contribution in [3.05, 3.63) is 132 Å². The normalized spacial score (nSPS) is 10.0. The molecule has 0 aliphatic rings. The lowest BCUT2D eigenvalue weighted by molar-refractivity contribution is -0.140. The number of aromatic nitrogens is 3. The van der Waals surface area contributed by atoms with Gasteiger partial charge in [-0.1, -0.05) is 43.3 Å². The van der Waals surface area contributed by atoms with Gasteiger partial charge in [-0.25, -0.2) is 13.8 Å². The van der Waals surface area contributed by atoms with Crippen LogP contribution in [0.3, 0.4) is 0 Å². The van der Waals surface area contributed by atoms with Crippen molar-refractivity contribution in [2.75, 3.05) is 12.4 Å². The van der Waals surface area contributed by atoms with Gasteiger partial charge in [-0.15, -0.1) is 22.0 Å². The molecule has 0 bridgehead atoms. The molecule has 5 aromatic rings. The number of thioether (sulfide) groups is 1. The number of hydrazine groups is 1. The maximum atomic E-state index is 13.0. The maximum absolute atomic E-state index is 13.0. The minimum atomic E-state index is -0.258. The molecule has 0 saturated heterocycles. The molecule has 0 atom stereocenters. The van der Waals surface area contributed by atoms with Gasteiger partial charge in [-0.2, -0.15) is 0 Å². The summed E-state index contributed by atoms with van der Waals surface area (Å²) in [5.41, 5.74) is 3.69. The third kappa shape index (κ3) is 13.1. The number of hydrogen-bond acceptors (Lipinski definition) is 8. The zero-order chi connectivity index (χ0) is 33.0. The Kier molecular flexibility index (Phi) is 18.7. The molecule has 0 saturated carbocycles. The van der Waals surface area contributed by atoms with Crippen LogP contribution in [0.2, 0.25) is 0 Å². The molecule has 0 spiro atoms. The highest BCUT2D eigenvalue weighted by Gasteiger charge is 2.12. The fourth-order valence-corrected chi connectivity index (χ4v) is 4.51. The van der Waals surface area contributed by atoms with Crippen molar-refractivity contribution in [1.29, 1.82) is 0 Å². The minimum absolute atomic E-state index is 0. The van der Waals surface area contributed by atoms with E-state index in [1.807, 2.05) is 72.2 Å². The third-order valence-corrected chi connectivity index (χ3v) is 6.54. The fourth-order valence-electron chi connectivity index (χ4n) is 3.77. The summed E-state index contributed by atoms with van der Waals surface area (Å²) in [6.07, 6.45) is 0. The van der Waals surface area contributed by atoms with E-state index >= 15 is 0 Å². The van der Waals surface area contributed by atoms with E-state index in [1.165, 1.54) is 31.2 Å². The first kappa shape index (κ1) is 39.3. The monoisotopic (exact) mass is 650 g/mol. The first-order chi connectivity index (χ1) is 21.8. The standard InChI is InChI=1S/C15H12FN3.C15H14FNS.C4H8O2.H4N2.H2O/c1-11-17-18-15(12-7-9-13(16)10-8-12)19(11)14-5-3-2-4-6-14;1-2-18-15(12-8-10-13(16)11-9-12)17-14-6-4-3-5-7-14;1-3-6-4(2)5;1-2;/h2-10H,1H3;3-11H,2H2,1H3;3H2,1-2H3;1-2H2;1H2. The van der Waals surface area contributed by atoms with E-state index in [0.29, 0.717) is 12.4 Å². The lowest BCUT2D eigenvalue weighted by atomic mass is 10.2. The molecular weight excluding hydrogens is 610 g/mol. The van der Waals surface area contributed by atoms with Crippen molar-refractivity contribution < 1.29 is 23.8 Å². The molecule has 6 N–H and O–H groups in total. The summed E-state index contributed by atoms with van der Waals surface area (Å²) in [4.78, 5) is 14.4. The average molecular weight is 651 g/mol. The van der Waals surface area contributed by atoms with Gasteiger partial charge in [0.2, 0.25) is 0 Å². The van der Waals surface area contributed by atoms with Gasteiger partial charge in [0.25, 0.3) is 0 Å². The first-order valence-electron chi connectivity index (χ1n) is 14.0. The minimum Gasteiger partial charge on any atom is -0.466 e. The van der Waals surface area contributed by atoms with Crippen LogP contribution in [0.4, 0.5) is 14.5 Å². The van der Waals surface area contributed by atoms with Gasteiger partial charge in [0.15, 0.2) is 5.82 Å². The summed E-state index contributed by atoms with van der Waals surface area (Å²) in [5, 5.41) is 9.21. The zero-order valence-corrected chi connectivity index (χ0v) is 27.0. The topological polar surface area (TPSA) is 153 Å². The summed E-state index contributed by atoms with van der Waals surface area (Å²) in [6, 6.07) is 32.4. The van der Waals surface area contributed by atoms with Crippen LogP contribution in [0.1, 0.15) is 32.2 Å². The molecule has 9 nitrogen and oxygen atoms in total. The lowest BCUT2D eigenvalue weighted by Crippen LogP contribution is -2.02. The van der Waals surface area contributed by atoms with Crippen molar-refractivity contribution in [3.8, 4) is 17.1 Å². The van der Waals surface area contributed by atoms with Crippen LogP contribution >= 0.6 is 11.8 Å². The number of rotatable bonds is 6. The number of nitrogens with zero attached hydrogens (tertiary/aromatic N) is 4. The molecular formula is C34H40F2N6O3S. The molecule has 12 heteroatoms. The number of halogens is 2. The number of carbonyl (C=O) groups is 1. The zero-order valence-electron chi connectivity index (χ0n) is 26.2. The van der Waals surface area contributed by atoms with Crippen LogP contribution in [0, 0.1) is 18.6 Å². The van der Waals surface area contributed by atoms with Crippen LogP contribution in [0.25, 0.3) is 17.1 Å². The van der Waals surface area contributed by atoms with Crippen molar-refractivity contribution in [2.24, 2.45) is 16.7 Å². The summed E-state index contributed by atoms with van der Waals surface area (Å²) in [6.45, 7) is 7.63. The van der Waals surface area contributed by atoms with E-state index < -0.39 is 0 Å². The molecule has 244 valence electrons. The Bertz CT molecular complexity index is 1590. The summed E-state index contributed by atoms with van der Waals surface area (Å²) >= 11 is 1.66. The number of nitrogens with two attached hydrogens (primary N) is 2. The molecule has 0 fully saturated rings. The van der Waals surface area contributed by atoms with E-state index in [9.17, 15) is 13.6 Å². The third-order valence-electron chi connectivity index (χ3n) is 5.65. The predicted octanol–water partition coefficient (Wildman–Crippen LogP) is 6.60. The summed E-state index contributed by atoms with van der Waals surface area (Å²) in [5.74, 6) is 9.75. The van der Waals surface area contributed by atoms with Crippen LogP contribution in [-0.2, 0) is 9.53 Å². The summed E-state index contributed by atoms with van der Waals surface area (Å²) in [7, 11) is 0. The number of para-hydroxylation sites is 2. The van der Waals surface area contributed by atoms with Crippen LogP contribution in [0.15, 0.2) is 114 Å². The van der Waals surface area contributed by atoms with E-state index in [-0.39, 0.29) is 23.1 Å². The van der Waals surface area contributed by atoms with Gasteiger partial charge in [-0.05, 0) is 92.4 Å². The predicted molar refractivity (Wildman–Crippen MR) is 183 cm³/mol. The van der Waals surface area contributed by atoms with Crippen molar-refractivity contribution >= 4 is 28.5 Å². The number of carbonyl (C=O) groups excluding carboxylic acids is 1. The Morgan fingerprint density at radius 3 is 1.83 bits per heavy atom.